The Morgan fingerprint density at radius 2 is 2.09 bits per heavy atom. The molecule has 0 bridgehead atoms. The number of benzene rings is 1. The SMILES string of the molecule is NC(=O)CN1CCC2(CC1)CO[C@H](Cc1ccccc1Cl)C2. The number of rotatable bonds is 4. The predicted octanol–water partition coefficient (Wildman–Crippen LogP) is 2.24. The molecule has 2 saturated heterocycles. The third-order valence-corrected chi connectivity index (χ3v) is 5.36. The highest BCUT2D eigenvalue weighted by Crippen LogP contribution is 2.42. The van der Waals surface area contributed by atoms with Crippen LogP contribution in [0.1, 0.15) is 24.8 Å². The second kappa shape index (κ2) is 6.57. The number of nitrogens with zero attached hydrogens (tertiary/aromatic N) is 1. The summed E-state index contributed by atoms with van der Waals surface area (Å²) in [6.45, 7) is 3.07. The van der Waals surface area contributed by atoms with E-state index in [9.17, 15) is 4.79 Å². The average Bonchev–Trinajstić information content (AvgIpc) is 2.87. The van der Waals surface area contributed by atoms with E-state index < -0.39 is 0 Å². The third kappa shape index (κ3) is 3.62. The fraction of sp³-hybridized carbons (Fsp3) is 0.588. The first kappa shape index (κ1) is 15.8. The van der Waals surface area contributed by atoms with Crippen molar-refractivity contribution >= 4 is 17.5 Å². The van der Waals surface area contributed by atoms with Crippen LogP contribution in [0.4, 0.5) is 0 Å². The van der Waals surface area contributed by atoms with Gasteiger partial charge in [-0.05, 0) is 49.4 Å². The van der Waals surface area contributed by atoms with Crippen molar-refractivity contribution in [2.75, 3.05) is 26.2 Å². The zero-order valence-electron chi connectivity index (χ0n) is 12.8. The van der Waals surface area contributed by atoms with Gasteiger partial charge in [-0.2, -0.15) is 0 Å². The Hall–Kier alpha value is -1.10. The Morgan fingerprint density at radius 1 is 1.36 bits per heavy atom. The summed E-state index contributed by atoms with van der Waals surface area (Å²) in [6, 6.07) is 7.99. The van der Waals surface area contributed by atoms with E-state index in [-0.39, 0.29) is 17.4 Å². The fourth-order valence-corrected chi connectivity index (χ4v) is 3.90. The maximum Gasteiger partial charge on any atom is 0.231 e. The van der Waals surface area contributed by atoms with Crippen LogP contribution >= 0.6 is 11.6 Å². The first-order valence-corrected chi connectivity index (χ1v) is 8.30. The standard InChI is InChI=1S/C17H23ClN2O2/c18-15-4-2-1-3-13(15)9-14-10-17(12-22-14)5-7-20(8-6-17)11-16(19)21/h1-4,14H,5-12H2,(H2,19,21)/t14-/m1/s1. The number of amides is 1. The molecule has 2 fully saturated rings. The van der Waals surface area contributed by atoms with Crippen LogP contribution in [-0.4, -0.2) is 43.2 Å². The summed E-state index contributed by atoms with van der Waals surface area (Å²) in [5.41, 5.74) is 6.71. The van der Waals surface area contributed by atoms with E-state index >= 15 is 0 Å². The maximum atomic E-state index is 11.0. The number of nitrogens with two attached hydrogens (primary N) is 1. The van der Waals surface area contributed by atoms with E-state index in [1.807, 2.05) is 18.2 Å². The van der Waals surface area contributed by atoms with E-state index in [2.05, 4.69) is 11.0 Å². The van der Waals surface area contributed by atoms with Gasteiger partial charge in [0, 0.05) is 11.4 Å². The second-order valence-electron chi connectivity index (χ2n) is 6.68. The number of piperidine rings is 1. The van der Waals surface area contributed by atoms with E-state index in [0.29, 0.717) is 6.54 Å². The molecule has 0 aliphatic carbocycles. The molecule has 1 spiro atoms. The molecule has 22 heavy (non-hydrogen) atoms. The molecular weight excluding hydrogens is 300 g/mol. The molecule has 5 heteroatoms. The molecule has 1 aromatic carbocycles. The van der Waals surface area contributed by atoms with Crippen LogP contribution in [0.5, 0.6) is 0 Å². The summed E-state index contributed by atoms with van der Waals surface area (Å²) in [6.07, 6.45) is 4.38. The lowest BCUT2D eigenvalue weighted by Crippen LogP contribution is -2.44. The van der Waals surface area contributed by atoms with Gasteiger partial charge in [-0.25, -0.2) is 0 Å². The van der Waals surface area contributed by atoms with Gasteiger partial charge in [-0.3, -0.25) is 9.69 Å². The smallest absolute Gasteiger partial charge is 0.231 e. The van der Waals surface area contributed by atoms with Crippen molar-refractivity contribution in [1.29, 1.82) is 0 Å². The van der Waals surface area contributed by atoms with Gasteiger partial charge >= 0.3 is 0 Å². The van der Waals surface area contributed by atoms with E-state index in [1.54, 1.807) is 0 Å². The molecule has 1 amide bonds. The van der Waals surface area contributed by atoms with Crippen LogP contribution in [0.3, 0.4) is 0 Å². The van der Waals surface area contributed by atoms with Crippen LogP contribution < -0.4 is 5.73 Å². The highest BCUT2D eigenvalue weighted by molar-refractivity contribution is 6.31. The molecule has 0 unspecified atom stereocenters. The first-order valence-electron chi connectivity index (χ1n) is 7.92. The van der Waals surface area contributed by atoms with Gasteiger partial charge in [-0.1, -0.05) is 29.8 Å². The van der Waals surface area contributed by atoms with Crippen molar-refractivity contribution in [2.24, 2.45) is 11.1 Å². The molecule has 0 radical (unpaired) electrons. The first-order chi connectivity index (χ1) is 10.6. The van der Waals surface area contributed by atoms with Gasteiger partial charge in [-0.15, -0.1) is 0 Å². The molecule has 120 valence electrons. The van der Waals surface area contributed by atoms with Crippen molar-refractivity contribution in [2.45, 2.75) is 31.8 Å². The van der Waals surface area contributed by atoms with E-state index in [0.717, 1.165) is 56.0 Å². The van der Waals surface area contributed by atoms with Gasteiger partial charge in [0.05, 0.1) is 19.3 Å². The minimum Gasteiger partial charge on any atom is -0.377 e. The lowest BCUT2D eigenvalue weighted by atomic mass is 9.76. The molecule has 2 aliphatic rings. The number of likely N-dealkylation sites (tertiary alicyclic amines) is 1. The fourth-order valence-electron chi connectivity index (χ4n) is 3.69. The summed E-state index contributed by atoms with van der Waals surface area (Å²) < 4.78 is 6.05. The van der Waals surface area contributed by atoms with Crippen molar-refractivity contribution in [3.8, 4) is 0 Å². The Labute approximate surface area is 136 Å². The van der Waals surface area contributed by atoms with Gasteiger partial charge in [0.15, 0.2) is 0 Å². The third-order valence-electron chi connectivity index (χ3n) is 4.99. The highest BCUT2D eigenvalue weighted by Gasteiger charge is 2.42. The van der Waals surface area contributed by atoms with Crippen LogP contribution in [0.15, 0.2) is 24.3 Å². The summed E-state index contributed by atoms with van der Waals surface area (Å²) in [7, 11) is 0. The number of carbonyl (C=O) groups is 1. The molecule has 2 heterocycles. The van der Waals surface area contributed by atoms with Crippen molar-refractivity contribution in [3.05, 3.63) is 34.9 Å². The quantitative estimate of drug-likeness (QED) is 0.925. The van der Waals surface area contributed by atoms with Crippen molar-refractivity contribution < 1.29 is 9.53 Å². The summed E-state index contributed by atoms with van der Waals surface area (Å²) in [5.74, 6) is -0.241. The lowest BCUT2D eigenvalue weighted by Gasteiger charge is -2.37. The van der Waals surface area contributed by atoms with Crippen LogP contribution in [0, 0.1) is 5.41 Å². The number of halogens is 1. The average molecular weight is 323 g/mol. The van der Waals surface area contributed by atoms with E-state index in [1.165, 1.54) is 0 Å². The summed E-state index contributed by atoms with van der Waals surface area (Å²) >= 11 is 6.24. The minimum atomic E-state index is -0.241. The number of hydrogen-bond donors (Lipinski definition) is 1. The molecule has 2 N–H and O–H groups in total. The lowest BCUT2D eigenvalue weighted by molar-refractivity contribution is -0.119. The number of primary amides is 1. The van der Waals surface area contributed by atoms with E-state index in [4.69, 9.17) is 22.1 Å². The maximum absolute atomic E-state index is 11.0. The Bertz CT molecular complexity index is 541. The topological polar surface area (TPSA) is 55.6 Å². The zero-order valence-corrected chi connectivity index (χ0v) is 13.5. The molecule has 2 aliphatic heterocycles. The minimum absolute atomic E-state index is 0.241. The zero-order chi connectivity index (χ0) is 15.6. The van der Waals surface area contributed by atoms with Gasteiger partial charge in [0.2, 0.25) is 5.91 Å². The second-order valence-corrected chi connectivity index (χ2v) is 7.08. The summed E-state index contributed by atoms with van der Waals surface area (Å²) in [5, 5.41) is 0.823. The largest absolute Gasteiger partial charge is 0.377 e. The predicted molar refractivity (Wildman–Crippen MR) is 86.8 cm³/mol. The molecule has 3 rings (SSSR count). The van der Waals surface area contributed by atoms with Crippen LogP contribution in [-0.2, 0) is 16.0 Å². The van der Waals surface area contributed by atoms with Crippen LogP contribution in [0.2, 0.25) is 5.02 Å². The summed E-state index contributed by atoms with van der Waals surface area (Å²) in [4.78, 5) is 13.2. The van der Waals surface area contributed by atoms with Gasteiger partial charge in [0.25, 0.3) is 0 Å². The molecule has 0 aromatic heterocycles. The van der Waals surface area contributed by atoms with Crippen LogP contribution in [0.25, 0.3) is 0 Å². The highest BCUT2D eigenvalue weighted by atomic mass is 35.5. The van der Waals surface area contributed by atoms with Gasteiger partial charge in [0.1, 0.15) is 0 Å². The number of hydrogen-bond acceptors (Lipinski definition) is 3. The number of carbonyl (C=O) groups excluding carboxylic acids is 1. The Morgan fingerprint density at radius 3 is 2.77 bits per heavy atom. The molecule has 1 aromatic rings. The monoisotopic (exact) mass is 322 g/mol. The molecular formula is C17H23ClN2O2. The Kier molecular flexibility index (Phi) is 4.71. The normalized spacial score (nSPS) is 24.7. The van der Waals surface area contributed by atoms with Crippen molar-refractivity contribution in [3.63, 3.8) is 0 Å². The molecule has 1 atom stereocenters. The Balaban J connectivity index is 1.54. The van der Waals surface area contributed by atoms with Gasteiger partial charge < -0.3 is 10.5 Å². The molecule has 4 nitrogen and oxygen atoms in total. The van der Waals surface area contributed by atoms with Crippen molar-refractivity contribution in [1.82, 2.24) is 4.90 Å². The molecule has 0 saturated carbocycles. The number of ether oxygens (including phenoxy) is 1.